The molecule has 0 aliphatic rings. The highest BCUT2D eigenvalue weighted by atomic mass is 16.5. The molecule has 0 aliphatic heterocycles. The van der Waals surface area contributed by atoms with Gasteiger partial charge in [-0.1, -0.05) is 31.1 Å². The second-order valence-electron chi connectivity index (χ2n) is 7.64. The number of aromatic nitrogens is 2. The lowest BCUT2D eigenvalue weighted by molar-refractivity contribution is -0.127. The number of nitrogens with zero attached hydrogens (tertiary/aromatic N) is 2. The molecule has 0 radical (unpaired) electrons. The highest BCUT2D eigenvalue weighted by molar-refractivity contribution is 5.80. The molecule has 1 N–H and O–H groups in total. The molecule has 7 heteroatoms. The molecule has 2 aromatic carbocycles. The minimum absolute atomic E-state index is 0.126. The molecule has 1 unspecified atom stereocenters. The van der Waals surface area contributed by atoms with Crippen molar-refractivity contribution in [3.05, 3.63) is 59.5 Å². The van der Waals surface area contributed by atoms with Crippen LogP contribution in [-0.2, 0) is 11.3 Å². The first kappa shape index (κ1) is 22.3. The van der Waals surface area contributed by atoms with Crippen LogP contribution in [0.1, 0.15) is 50.6 Å². The van der Waals surface area contributed by atoms with Crippen LogP contribution in [0.5, 0.6) is 11.5 Å². The Kier molecular flexibility index (Phi) is 7.28. The van der Waals surface area contributed by atoms with E-state index in [0.29, 0.717) is 24.2 Å². The molecule has 1 atom stereocenters. The monoisotopic (exact) mass is 423 g/mol. The van der Waals surface area contributed by atoms with Gasteiger partial charge in [-0.05, 0) is 68.1 Å². The molecule has 164 valence electrons. The van der Waals surface area contributed by atoms with Crippen LogP contribution in [0, 0.1) is 6.92 Å². The van der Waals surface area contributed by atoms with E-state index < -0.39 is 6.10 Å². The Balaban J connectivity index is 1.58. The maximum atomic E-state index is 12.5. The normalized spacial score (nSPS) is 11.9. The SMILES string of the molecule is CCOc1ccc(-c2noc(CNC(=O)C(C)Oc3cc(C)ccc3C(C)C)n2)cc1. The molecule has 0 bridgehead atoms. The summed E-state index contributed by atoms with van der Waals surface area (Å²) in [5.74, 6) is 2.33. The smallest absolute Gasteiger partial charge is 0.261 e. The van der Waals surface area contributed by atoms with Crippen molar-refractivity contribution >= 4 is 5.91 Å². The van der Waals surface area contributed by atoms with E-state index in [9.17, 15) is 4.79 Å². The molecule has 0 fully saturated rings. The average molecular weight is 424 g/mol. The van der Waals surface area contributed by atoms with E-state index in [1.807, 2.05) is 56.3 Å². The Morgan fingerprint density at radius 3 is 2.55 bits per heavy atom. The summed E-state index contributed by atoms with van der Waals surface area (Å²) in [4.78, 5) is 16.9. The third-order valence-corrected chi connectivity index (χ3v) is 4.77. The number of carbonyl (C=O) groups excluding carboxylic acids is 1. The molecule has 1 aromatic heterocycles. The Morgan fingerprint density at radius 2 is 1.87 bits per heavy atom. The summed E-state index contributed by atoms with van der Waals surface area (Å²) in [6.45, 7) is 10.6. The van der Waals surface area contributed by atoms with E-state index in [-0.39, 0.29) is 12.5 Å². The summed E-state index contributed by atoms with van der Waals surface area (Å²) in [5.41, 5.74) is 2.96. The van der Waals surface area contributed by atoms with Crippen molar-refractivity contribution in [1.82, 2.24) is 15.5 Å². The van der Waals surface area contributed by atoms with Gasteiger partial charge in [0, 0.05) is 5.56 Å². The Morgan fingerprint density at radius 1 is 1.13 bits per heavy atom. The van der Waals surface area contributed by atoms with Gasteiger partial charge in [-0.3, -0.25) is 4.79 Å². The lowest BCUT2D eigenvalue weighted by Crippen LogP contribution is -2.36. The molecule has 0 aliphatic carbocycles. The van der Waals surface area contributed by atoms with Crippen LogP contribution in [-0.4, -0.2) is 28.8 Å². The molecule has 0 saturated heterocycles. The third-order valence-electron chi connectivity index (χ3n) is 4.77. The summed E-state index contributed by atoms with van der Waals surface area (Å²) in [5, 5.41) is 6.78. The van der Waals surface area contributed by atoms with Crippen molar-refractivity contribution in [3.63, 3.8) is 0 Å². The van der Waals surface area contributed by atoms with Gasteiger partial charge in [0.15, 0.2) is 6.10 Å². The lowest BCUT2D eigenvalue weighted by Gasteiger charge is -2.19. The molecular formula is C24H29N3O4. The van der Waals surface area contributed by atoms with Crippen LogP contribution in [0.4, 0.5) is 0 Å². The molecular weight excluding hydrogens is 394 g/mol. The minimum Gasteiger partial charge on any atom is -0.494 e. The fourth-order valence-electron chi connectivity index (χ4n) is 3.08. The highest BCUT2D eigenvalue weighted by Gasteiger charge is 2.18. The molecule has 0 spiro atoms. The van der Waals surface area contributed by atoms with Crippen LogP contribution in [0.2, 0.25) is 0 Å². The Bertz CT molecular complexity index is 1010. The van der Waals surface area contributed by atoms with E-state index in [1.165, 1.54) is 0 Å². The van der Waals surface area contributed by atoms with Gasteiger partial charge in [-0.15, -0.1) is 0 Å². The number of benzene rings is 2. The molecule has 7 nitrogen and oxygen atoms in total. The quantitative estimate of drug-likeness (QED) is 0.539. The molecule has 1 heterocycles. The topological polar surface area (TPSA) is 86.5 Å². The number of ether oxygens (including phenoxy) is 2. The van der Waals surface area contributed by atoms with Gasteiger partial charge < -0.3 is 19.3 Å². The van der Waals surface area contributed by atoms with Gasteiger partial charge in [-0.25, -0.2) is 0 Å². The van der Waals surface area contributed by atoms with Crippen molar-refractivity contribution in [2.75, 3.05) is 6.61 Å². The summed E-state index contributed by atoms with van der Waals surface area (Å²) >= 11 is 0. The predicted octanol–water partition coefficient (Wildman–Crippen LogP) is 4.65. The summed E-state index contributed by atoms with van der Waals surface area (Å²) in [7, 11) is 0. The number of amides is 1. The fraction of sp³-hybridized carbons (Fsp3) is 0.375. The number of rotatable bonds is 9. The van der Waals surface area contributed by atoms with Gasteiger partial charge in [0.1, 0.15) is 11.5 Å². The number of nitrogens with one attached hydrogen (secondary N) is 1. The van der Waals surface area contributed by atoms with Crippen LogP contribution in [0.3, 0.4) is 0 Å². The second-order valence-corrected chi connectivity index (χ2v) is 7.64. The lowest BCUT2D eigenvalue weighted by atomic mass is 10.0. The van der Waals surface area contributed by atoms with Crippen LogP contribution < -0.4 is 14.8 Å². The fourth-order valence-corrected chi connectivity index (χ4v) is 3.08. The van der Waals surface area contributed by atoms with E-state index in [2.05, 4.69) is 29.3 Å². The molecule has 3 aromatic rings. The summed E-state index contributed by atoms with van der Waals surface area (Å²) < 4.78 is 16.7. The van der Waals surface area contributed by atoms with Crippen molar-refractivity contribution in [3.8, 4) is 22.9 Å². The zero-order chi connectivity index (χ0) is 22.4. The minimum atomic E-state index is -0.659. The van der Waals surface area contributed by atoms with Gasteiger partial charge in [-0.2, -0.15) is 4.98 Å². The van der Waals surface area contributed by atoms with Gasteiger partial charge >= 0.3 is 0 Å². The number of aryl methyl sites for hydroxylation is 1. The molecule has 0 saturated carbocycles. The van der Waals surface area contributed by atoms with Gasteiger partial charge in [0.05, 0.1) is 13.2 Å². The molecule has 3 rings (SSSR count). The van der Waals surface area contributed by atoms with Crippen LogP contribution in [0.15, 0.2) is 47.0 Å². The number of hydrogen-bond donors (Lipinski definition) is 1. The highest BCUT2D eigenvalue weighted by Crippen LogP contribution is 2.28. The van der Waals surface area contributed by atoms with Crippen LogP contribution >= 0.6 is 0 Å². The molecule has 1 amide bonds. The van der Waals surface area contributed by atoms with Crippen molar-refractivity contribution in [2.45, 2.75) is 53.2 Å². The molecule has 31 heavy (non-hydrogen) atoms. The van der Waals surface area contributed by atoms with E-state index >= 15 is 0 Å². The van der Waals surface area contributed by atoms with Gasteiger partial charge in [0.25, 0.3) is 5.91 Å². The van der Waals surface area contributed by atoms with E-state index in [1.54, 1.807) is 6.92 Å². The first-order valence-electron chi connectivity index (χ1n) is 10.5. The largest absolute Gasteiger partial charge is 0.494 e. The maximum absolute atomic E-state index is 12.5. The second kappa shape index (κ2) is 10.1. The van der Waals surface area contributed by atoms with Crippen molar-refractivity contribution in [2.24, 2.45) is 0 Å². The first-order chi connectivity index (χ1) is 14.9. The zero-order valence-electron chi connectivity index (χ0n) is 18.6. The standard InChI is InChI=1S/C24H29N3O4/c1-6-29-19-10-8-18(9-11-19)23-26-22(31-27-23)14-25-24(28)17(5)30-21-13-16(4)7-12-20(21)15(2)3/h7-13,15,17H,6,14H2,1-5H3,(H,25,28). The van der Waals surface area contributed by atoms with E-state index in [4.69, 9.17) is 14.0 Å². The number of hydrogen-bond acceptors (Lipinski definition) is 6. The van der Waals surface area contributed by atoms with Gasteiger partial charge in [0.2, 0.25) is 11.7 Å². The van der Waals surface area contributed by atoms with Crippen LogP contribution in [0.25, 0.3) is 11.4 Å². The third kappa shape index (κ3) is 5.84. The summed E-state index contributed by atoms with van der Waals surface area (Å²) in [6.07, 6.45) is -0.659. The maximum Gasteiger partial charge on any atom is 0.261 e. The van der Waals surface area contributed by atoms with E-state index in [0.717, 1.165) is 28.2 Å². The average Bonchev–Trinajstić information content (AvgIpc) is 3.21. The Hall–Kier alpha value is -3.35. The predicted molar refractivity (Wildman–Crippen MR) is 118 cm³/mol. The zero-order valence-corrected chi connectivity index (χ0v) is 18.6. The van der Waals surface area contributed by atoms with Crippen molar-refractivity contribution in [1.29, 1.82) is 0 Å². The number of carbonyl (C=O) groups is 1. The van der Waals surface area contributed by atoms with Crippen molar-refractivity contribution < 1.29 is 18.8 Å². The summed E-state index contributed by atoms with van der Waals surface area (Å²) in [6, 6.07) is 13.5. The Labute approximate surface area is 182 Å². The first-order valence-corrected chi connectivity index (χ1v) is 10.5.